The van der Waals surface area contributed by atoms with E-state index in [1.54, 1.807) is 30.3 Å². The van der Waals surface area contributed by atoms with E-state index in [1.165, 1.54) is 18.3 Å². The van der Waals surface area contributed by atoms with Gasteiger partial charge in [-0.2, -0.15) is 13.2 Å². The van der Waals surface area contributed by atoms with Gasteiger partial charge in [0, 0.05) is 23.5 Å². The number of nitrogens with one attached hydrogen (secondary N) is 2. The highest BCUT2D eigenvalue weighted by Crippen LogP contribution is 2.32. The van der Waals surface area contributed by atoms with Crippen LogP contribution in [0.25, 0.3) is 0 Å². The van der Waals surface area contributed by atoms with Gasteiger partial charge in [-0.1, -0.05) is 23.7 Å². The van der Waals surface area contributed by atoms with Crippen molar-refractivity contribution in [2.24, 2.45) is 0 Å². The quantitative estimate of drug-likeness (QED) is 0.528. The molecule has 0 saturated heterocycles. The van der Waals surface area contributed by atoms with Crippen LogP contribution in [0.15, 0.2) is 60.8 Å². The minimum Gasteiger partial charge on any atom is -0.348 e. The van der Waals surface area contributed by atoms with E-state index in [0.29, 0.717) is 16.8 Å². The first-order valence-corrected chi connectivity index (χ1v) is 8.73. The molecule has 1 heterocycles. The smallest absolute Gasteiger partial charge is 0.348 e. The molecule has 3 aromatic rings. The van der Waals surface area contributed by atoms with Crippen LogP contribution in [0.5, 0.6) is 0 Å². The highest BCUT2D eigenvalue weighted by Gasteiger charge is 2.34. The van der Waals surface area contributed by atoms with E-state index in [1.807, 2.05) is 0 Å². The predicted molar refractivity (Wildman–Crippen MR) is 102 cm³/mol. The maximum Gasteiger partial charge on any atom is 0.419 e. The van der Waals surface area contributed by atoms with Gasteiger partial charge in [0.2, 0.25) is 0 Å². The molecule has 0 aliphatic rings. The molecule has 150 valence electrons. The van der Waals surface area contributed by atoms with E-state index in [-0.39, 0.29) is 23.5 Å². The van der Waals surface area contributed by atoms with Gasteiger partial charge in [0.05, 0.1) is 11.1 Å². The van der Waals surface area contributed by atoms with Gasteiger partial charge in [-0.15, -0.1) is 0 Å². The molecule has 2 aromatic carbocycles. The molecule has 0 atom stereocenters. The number of amides is 1. The van der Waals surface area contributed by atoms with Gasteiger partial charge in [0.1, 0.15) is 11.6 Å². The summed E-state index contributed by atoms with van der Waals surface area (Å²) in [5.41, 5.74) is -0.474. The van der Waals surface area contributed by atoms with Crippen molar-refractivity contribution in [3.05, 3.63) is 88.3 Å². The van der Waals surface area contributed by atoms with Crippen LogP contribution in [0, 0.1) is 5.82 Å². The van der Waals surface area contributed by atoms with Gasteiger partial charge >= 0.3 is 6.18 Å². The van der Waals surface area contributed by atoms with Gasteiger partial charge in [0.15, 0.2) is 0 Å². The molecule has 3 rings (SSSR count). The molecule has 0 unspecified atom stereocenters. The number of anilines is 2. The molecule has 0 saturated carbocycles. The van der Waals surface area contributed by atoms with Crippen molar-refractivity contribution in [1.82, 2.24) is 10.3 Å². The van der Waals surface area contributed by atoms with Crippen molar-refractivity contribution in [3.8, 4) is 0 Å². The summed E-state index contributed by atoms with van der Waals surface area (Å²) in [4.78, 5) is 16.7. The first-order chi connectivity index (χ1) is 13.7. The maximum absolute atomic E-state index is 13.4. The zero-order valence-corrected chi connectivity index (χ0v) is 15.5. The average Bonchev–Trinajstić information content (AvgIpc) is 2.66. The number of alkyl halides is 3. The summed E-state index contributed by atoms with van der Waals surface area (Å²) >= 11 is 5.94. The van der Waals surface area contributed by atoms with Crippen molar-refractivity contribution < 1.29 is 22.4 Å². The number of carbonyl (C=O) groups excluding carboxylic acids is 1. The highest BCUT2D eigenvalue weighted by atomic mass is 35.5. The standard InChI is InChI=1S/C20H14ClF4N3O/c21-13-3-1-4-14(10-13)28-18-15(5-2-8-26-18)19(29)27-11-12-6-7-17(22)16(9-12)20(23,24)25/h1-10H,11H2,(H,26,28)(H,27,29). The first-order valence-electron chi connectivity index (χ1n) is 8.35. The van der Waals surface area contributed by atoms with E-state index in [9.17, 15) is 22.4 Å². The number of carbonyl (C=O) groups is 1. The van der Waals surface area contributed by atoms with Crippen molar-refractivity contribution in [2.75, 3.05) is 5.32 Å². The molecule has 0 aliphatic heterocycles. The molecule has 0 radical (unpaired) electrons. The lowest BCUT2D eigenvalue weighted by Crippen LogP contribution is -2.24. The van der Waals surface area contributed by atoms with Gasteiger partial charge in [-0.3, -0.25) is 4.79 Å². The minimum absolute atomic E-state index is 0.111. The lowest BCUT2D eigenvalue weighted by molar-refractivity contribution is -0.140. The number of benzene rings is 2. The molecule has 4 nitrogen and oxygen atoms in total. The summed E-state index contributed by atoms with van der Waals surface area (Å²) in [6.07, 6.45) is -3.33. The van der Waals surface area contributed by atoms with E-state index >= 15 is 0 Å². The molecule has 29 heavy (non-hydrogen) atoms. The maximum atomic E-state index is 13.4. The molecule has 0 spiro atoms. The second kappa shape index (κ2) is 8.48. The van der Waals surface area contributed by atoms with Crippen LogP contribution < -0.4 is 10.6 Å². The molecule has 2 N–H and O–H groups in total. The summed E-state index contributed by atoms with van der Waals surface area (Å²) in [5, 5.41) is 5.98. The second-order valence-electron chi connectivity index (χ2n) is 6.03. The summed E-state index contributed by atoms with van der Waals surface area (Å²) in [7, 11) is 0. The van der Waals surface area contributed by atoms with E-state index in [4.69, 9.17) is 11.6 Å². The number of rotatable bonds is 5. The van der Waals surface area contributed by atoms with Crippen LogP contribution in [0.4, 0.5) is 29.1 Å². The van der Waals surface area contributed by atoms with Crippen LogP contribution in [0.2, 0.25) is 5.02 Å². The molecule has 0 fully saturated rings. The van der Waals surface area contributed by atoms with Gasteiger partial charge in [-0.25, -0.2) is 9.37 Å². The largest absolute Gasteiger partial charge is 0.419 e. The van der Waals surface area contributed by atoms with Crippen molar-refractivity contribution >= 4 is 29.0 Å². The minimum atomic E-state index is -4.82. The molecule has 0 bridgehead atoms. The fourth-order valence-corrected chi connectivity index (χ4v) is 2.76. The summed E-state index contributed by atoms with van der Waals surface area (Å²) < 4.78 is 51.9. The van der Waals surface area contributed by atoms with E-state index in [0.717, 1.165) is 6.07 Å². The van der Waals surface area contributed by atoms with E-state index in [2.05, 4.69) is 15.6 Å². The first kappa shape index (κ1) is 20.6. The van der Waals surface area contributed by atoms with Gasteiger partial charge in [0.25, 0.3) is 5.91 Å². The molecule has 0 aliphatic carbocycles. The molecule has 9 heteroatoms. The Balaban J connectivity index is 1.75. The Morgan fingerprint density at radius 2 is 1.86 bits per heavy atom. The molecule has 1 amide bonds. The monoisotopic (exact) mass is 423 g/mol. The predicted octanol–water partition coefficient (Wildman–Crippen LogP) is 5.57. The van der Waals surface area contributed by atoms with Crippen LogP contribution >= 0.6 is 11.6 Å². The number of halogens is 5. The lowest BCUT2D eigenvalue weighted by Gasteiger charge is -2.13. The SMILES string of the molecule is O=C(NCc1ccc(F)c(C(F)(F)F)c1)c1cccnc1Nc1cccc(Cl)c1. The number of hydrogen-bond acceptors (Lipinski definition) is 3. The Hall–Kier alpha value is -3.13. The Morgan fingerprint density at radius 1 is 1.07 bits per heavy atom. The Bertz CT molecular complexity index is 1040. The summed E-state index contributed by atoms with van der Waals surface area (Å²) in [6, 6.07) is 12.4. The molecule has 1 aromatic heterocycles. The third kappa shape index (κ3) is 5.23. The average molecular weight is 424 g/mol. The Morgan fingerprint density at radius 3 is 2.59 bits per heavy atom. The third-order valence-electron chi connectivity index (χ3n) is 3.93. The zero-order valence-electron chi connectivity index (χ0n) is 14.7. The fourth-order valence-electron chi connectivity index (χ4n) is 2.57. The van der Waals surface area contributed by atoms with E-state index < -0.39 is 23.5 Å². The number of aromatic nitrogens is 1. The van der Waals surface area contributed by atoms with Crippen LogP contribution in [0.1, 0.15) is 21.5 Å². The van der Waals surface area contributed by atoms with Crippen LogP contribution in [0.3, 0.4) is 0 Å². The second-order valence-corrected chi connectivity index (χ2v) is 6.47. The third-order valence-corrected chi connectivity index (χ3v) is 4.16. The van der Waals surface area contributed by atoms with Crippen LogP contribution in [-0.4, -0.2) is 10.9 Å². The fraction of sp³-hybridized carbons (Fsp3) is 0.100. The van der Waals surface area contributed by atoms with Crippen molar-refractivity contribution in [1.29, 1.82) is 0 Å². The Labute approximate surface area is 168 Å². The summed E-state index contributed by atoms with van der Waals surface area (Å²) in [5.74, 6) is -1.67. The molecular formula is C20H14ClF4N3O. The van der Waals surface area contributed by atoms with Crippen molar-refractivity contribution in [2.45, 2.75) is 12.7 Å². The highest BCUT2D eigenvalue weighted by molar-refractivity contribution is 6.30. The Kier molecular flexibility index (Phi) is 6.03. The zero-order chi connectivity index (χ0) is 21.0. The van der Waals surface area contributed by atoms with Gasteiger partial charge in [-0.05, 0) is 48.0 Å². The molecular weight excluding hydrogens is 410 g/mol. The van der Waals surface area contributed by atoms with Crippen molar-refractivity contribution in [3.63, 3.8) is 0 Å². The summed E-state index contributed by atoms with van der Waals surface area (Å²) in [6.45, 7) is -0.215. The van der Waals surface area contributed by atoms with Gasteiger partial charge < -0.3 is 10.6 Å². The number of pyridine rings is 1. The number of hydrogen-bond donors (Lipinski definition) is 2. The number of nitrogens with zero attached hydrogens (tertiary/aromatic N) is 1. The lowest BCUT2D eigenvalue weighted by atomic mass is 10.1. The topological polar surface area (TPSA) is 54.0 Å². The van der Waals surface area contributed by atoms with Crippen LogP contribution in [-0.2, 0) is 12.7 Å². The normalized spacial score (nSPS) is 11.2.